The van der Waals surface area contributed by atoms with E-state index >= 15 is 0 Å². The van der Waals surface area contributed by atoms with Crippen LogP contribution in [0.15, 0.2) is 66.1 Å². The zero-order valence-electron chi connectivity index (χ0n) is 18.5. The molecule has 2 aliphatic heterocycles. The van der Waals surface area contributed by atoms with Crippen molar-refractivity contribution >= 4 is 35.2 Å². The van der Waals surface area contributed by atoms with Crippen molar-refractivity contribution in [3.8, 4) is 0 Å². The van der Waals surface area contributed by atoms with Crippen LogP contribution in [0.2, 0.25) is 0 Å². The van der Waals surface area contributed by atoms with Crippen molar-refractivity contribution in [3.05, 3.63) is 87.3 Å². The number of methoxy groups -OCH3 is 1. The largest absolute Gasteiger partial charge is 0.509 e. The molecule has 0 aromatic heterocycles. The number of non-ortho nitro benzene ring substituents is 1. The molecule has 4 rings (SSSR count). The maximum absolute atomic E-state index is 13.1. The minimum absolute atomic E-state index is 0.00389. The maximum Gasteiger partial charge on any atom is 0.358 e. The first-order valence-electron chi connectivity index (χ1n) is 10.4. The predicted octanol–water partition coefficient (Wildman–Crippen LogP) is 2.02. The third-order valence-electron chi connectivity index (χ3n) is 5.58. The van der Waals surface area contributed by atoms with Crippen molar-refractivity contribution in [2.75, 3.05) is 12.9 Å². The second-order valence-corrected chi connectivity index (χ2v) is 8.85. The van der Waals surface area contributed by atoms with E-state index in [0.717, 1.165) is 22.2 Å². The van der Waals surface area contributed by atoms with Crippen LogP contribution in [0.25, 0.3) is 0 Å². The number of carbonyl (C=O) groups is 3. The van der Waals surface area contributed by atoms with Crippen LogP contribution in [0.5, 0.6) is 0 Å². The molecule has 2 aromatic rings. The van der Waals surface area contributed by atoms with Gasteiger partial charge in [-0.2, -0.15) is 0 Å². The highest BCUT2D eigenvalue weighted by Crippen LogP contribution is 2.46. The number of esters is 1. The lowest BCUT2D eigenvalue weighted by atomic mass is 9.98. The number of β-lactam (4-membered cyclic amide) rings is 1. The van der Waals surface area contributed by atoms with Crippen LogP contribution < -0.4 is 5.32 Å². The van der Waals surface area contributed by atoms with Gasteiger partial charge in [-0.1, -0.05) is 30.3 Å². The molecule has 2 heterocycles. The summed E-state index contributed by atoms with van der Waals surface area (Å²) < 4.78 is 10.7. The Morgan fingerprint density at radius 2 is 1.89 bits per heavy atom. The second kappa shape index (κ2) is 9.76. The summed E-state index contributed by atoms with van der Waals surface area (Å²) in [6, 6.07) is 14.4. The monoisotopic (exact) mass is 499 g/mol. The van der Waals surface area contributed by atoms with Gasteiger partial charge in [-0.05, 0) is 23.3 Å². The first-order chi connectivity index (χ1) is 16.8. The van der Waals surface area contributed by atoms with Gasteiger partial charge in [0.15, 0.2) is 5.70 Å². The molecule has 2 N–H and O–H groups in total. The Hall–Kier alpha value is -3.90. The number of fused-ring (bicyclic) bond motifs is 1. The standard InChI is InChI=1S/C23H21N3O8S/c1-33-23(24-18(28)11-14-5-3-2-4-6-14)21(30)25-19(17(27)13-35-22(23)25)20(29)34-12-15-7-9-16(10-8-15)26(31)32/h2-10,22,27H,11-13H2,1H3,(H,24,28)/t22-,23?/m1/s1. The van der Waals surface area contributed by atoms with Crippen molar-refractivity contribution in [1.29, 1.82) is 0 Å². The van der Waals surface area contributed by atoms with Gasteiger partial charge >= 0.3 is 5.97 Å². The number of nitrogens with one attached hydrogen (secondary N) is 1. The van der Waals surface area contributed by atoms with Crippen molar-refractivity contribution in [2.45, 2.75) is 24.1 Å². The maximum atomic E-state index is 13.1. The summed E-state index contributed by atoms with van der Waals surface area (Å²) in [4.78, 5) is 49.8. The first kappa shape index (κ1) is 24.2. The van der Waals surface area contributed by atoms with Gasteiger partial charge in [-0.25, -0.2) is 4.79 Å². The van der Waals surface area contributed by atoms with Gasteiger partial charge in [0.1, 0.15) is 17.7 Å². The van der Waals surface area contributed by atoms with Gasteiger partial charge in [0.25, 0.3) is 17.3 Å². The Labute approximate surface area is 203 Å². The SMILES string of the molecule is COC1(NC(=O)Cc2ccccc2)C(=O)N2C(C(=O)OCc3ccc([N+](=O)[O-])cc3)=C(O)CS[C@@H]21. The molecule has 1 fully saturated rings. The third-order valence-corrected chi connectivity index (χ3v) is 6.87. The average molecular weight is 500 g/mol. The number of nitro benzene ring substituents is 1. The number of aliphatic hydroxyl groups excluding tert-OH is 1. The lowest BCUT2D eigenvalue weighted by molar-refractivity contribution is -0.384. The number of rotatable bonds is 8. The molecule has 11 nitrogen and oxygen atoms in total. The van der Waals surface area contributed by atoms with Crippen LogP contribution in [0, 0.1) is 10.1 Å². The Morgan fingerprint density at radius 3 is 2.51 bits per heavy atom. The molecule has 12 heteroatoms. The lowest BCUT2D eigenvalue weighted by Crippen LogP contribution is -2.80. The van der Waals surface area contributed by atoms with Gasteiger partial charge < -0.3 is 19.9 Å². The Kier molecular flexibility index (Phi) is 6.76. The molecule has 1 unspecified atom stereocenters. The molecular weight excluding hydrogens is 478 g/mol. The molecule has 0 aliphatic carbocycles. The number of hydrogen-bond donors (Lipinski definition) is 2. The van der Waals surface area contributed by atoms with Crippen LogP contribution in [0.1, 0.15) is 11.1 Å². The number of benzene rings is 2. The Balaban J connectivity index is 1.45. The zero-order valence-corrected chi connectivity index (χ0v) is 19.3. The number of hydrogen-bond acceptors (Lipinski definition) is 9. The molecule has 0 radical (unpaired) electrons. The van der Waals surface area contributed by atoms with E-state index in [2.05, 4.69) is 5.32 Å². The van der Waals surface area contributed by atoms with Crippen molar-refractivity contribution in [2.24, 2.45) is 0 Å². The van der Waals surface area contributed by atoms with E-state index in [1.54, 1.807) is 24.3 Å². The smallest absolute Gasteiger partial charge is 0.358 e. The van der Waals surface area contributed by atoms with E-state index in [4.69, 9.17) is 9.47 Å². The van der Waals surface area contributed by atoms with Crippen LogP contribution in [0.3, 0.4) is 0 Å². The molecule has 2 aromatic carbocycles. The molecule has 0 spiro atoms. The van der Waals surface area contributed by atoms with Gasteiger partial charge in [-0.3, -0.25) is 24.6 Å². The number of nitro groups is 1. The van der Waals surface area contributed by atoms with Crippen molar-refractivity contribution in [3.63, 3.8) is 0 Å². The number of aliphatic hydroxyl groups is 1. The summed E-state index contributed by atoms with van der Waals surface area (Å²) in [5.41, 5.74) is -0.889. The fourth-order valence-corrected chi connectivity index (χ4v) is 5.11. The molecular formula is C23H21N3O8S. The molecule has 182 valence electrons. The van der Waals surface area contributed by atoms with E-state index in [1.807, 2.05) is 6.07 Å². The quantitative estimate of drug-likeness (QED) is 0.183. The first-order valence-corrected chi connectivity index (χ1v) is 11.5. The zero-order chi connectivity index (χ0) is 25.2. The minimum atomic E-state index is -1.69. The summed E-state index contributed by atoms with van der Waals surface area (Å²) in [5, 5.41) is 23.0. The van der Waals surface area contributed by atoms with Crippen LogP contribution in [-0.4, -0.2) is 56.7 Å². The summed E-state index contributed by atoms with van der Waals surface area (Å²) >= 11 is 1.13. The van der Waals surface area contributed by atoms with Gasteiger partial charge in [-0.15, -0.1) is 11.8 Å². The summed E-state index contributed by atoms with van der Waals surface area (Å²) in [6.07, 6.45) is 0.0296. The van der Waals surface area contributed by atoms with Gasteiger partial charge in [0.05, 0.1) is 17.1 Å². The predicted molar refractivity (Wildman–Crippen MR) is 124 cm³/mol. The molecule has 0 saturated carbocycles. The van der Waals surface area contributed by atoms with Crippen molar-refractivity contribution < 1.29 is 33.9 Å². The number of ether oxygens (including phenoxy) is 2. The number of nitrogens with zero attached hydrogens (tertiary/aromatic N) is 2. The fraction of sp³-hybridized carbons (Fsp3) is 0.261. The molecule has 35 heavy (non-hydrogen) atoms. The topological polar surface area (TPSA) is 148 Å². The Morgan fingerprint density at radius 1 is 1.20 bits per heavy atom. The minimum Gasteiger partial charge on any atom is -0.509 e. The van der Waals surface area contributed by atoms with Gasteiger partial charge in [0, 0.05) is 19.2 Å². The van der Waals surface area contributed by atoms with Crippen LogP contribution in [0.4, 0.5) is 5.69 Å². The highest BCUT2D eigenvalue weighted by Gasteiger charge is 2.67. The number of thioether (sulfide) groups is 1. The van der Waals surface area contributed by atoms with E-state index in [9.17, 15) is 29.6 Å². The summed E-state index contributed by atoms with van der Waals surface area (Å²) in [6.45, 7) is -0.226. The molecule has 1 saturated heterocycles. The number of amides is 2. The molecule has 2 atom stereocenters. The average Bonchev–Trinajstić information content (AvgIpc) is 2.86. The molecule has 2 amide bonds. The van der Waals surface area contributed by atoms with E-state index < -0.39 is 33.8 Å². The van der Waals surface area contributed by atoms with E-state index in [-0.39, 0.29) is 35.9 Å². The fourth-order valence-electron chi connectivity index (χ4n) is 3.82. The summed E-state index contributed by atoms with van der Waals surface area (Å²) in [5.74, 6) is -2.44. The number of carbonyl (C=O) groups excluding carboxylic acids is 3. The normalized spacial score (nSPS) is 21.1. The molecule has 0 bridgehead atoms. The van der Waals surface area contributed by atoms with Gasteiger partial charge in [0.2, 0.25) is 5.91 Å². The lowest BCUT2D eigenvalue weighted by Gasteiger charge is -2.55. The van der Waals surface area contributed by atoms with E-state index in [0.29, 0.717) is 5.56 Å². The summed E-state index contributed by atoms with van der Waals surface area (Å²) in [7, 11) is 1.28. The van der Waals surface area contributed by atoms with Crippen LogP contribution in [-0.2, 0) is 36.9 Å². The highest BCUT2D eigenvalue weighted by molar-refractivity contribution is 8.00. The third kappa shape index (κ3) is 4.57. The van der Waals surface area contributed by atoms with Crippen molar-refractivity contribution in [1.82, 2.24) is 10.2 Å². The van der Waals surface area contributed by atoms with Crippen LogP contribution >= 0.6 is 11.8 Å². The Bertz CT molecular complexity index is 1200. The molecule has 2 aliphatic rings. The second-order valence-electron chi connectivity index (χ2n) is 7.78. The van der Waals surface area contributed by atoms with E-state index in [1.165, 1.54) is 31.4 Å². The highest BCUT2D eigenvalue weighted by atomic mass is 32.2.